The second-order valence-electron chi connectivity index (χ2n) is 4.47. The maximum atomic E-state index is 5.22. The zero-order valence-corrected chi connectivity index (χ0v) is 10.5. The fraction of sp³-hybridized carbons (Fsp3) is 0.357. The van der Waals surface area contributed by atoms with E-state index in [2.05, 4.69) is 22.3 Å². The lowest BCUT2D eigenvalue weighted by Crippen LogP contribution is -2.43. The highest BCUT2D eigenvalue weighted by molar-refractivity contribution is 5.81. The number of methoxy groups -OCH3 is 1. The minimum Gasteiger partial charge on any atom is -0.497 e. The Morgan fingerprint density at radius 3 is 2.78 bits per heavy atom. The van der Waals surface area contributed by atoms with Gasteiger partial charge in [0.15, 0.2) is 0 Å². The van der Waals surface area contributed by atoms with Gasteiger partial charge in [0.2, 0.25) is 0 Å². The van der Waals surface area contributed by atoms with Gasteiger partial charge in [0.05, 0.1) is 12.6 Å². The van der Waals surface area contributed by atoms with Gasteiger partial charge in [-0.25, -0.2) is 4.98 Å². The zero-order valence-electron chi connectivity index (χ0n) is 10.5. The van der Waals surface area contributed by atoms with Gasteiger partial charge in [0.25, 0.3) is 0 Å². The lowest BCUT2D eigenvalue weighted by atomic mass is 10.2. The Kier molecular flexibility index (Phi) is 3.02. The number of ether oxygens (including phenoxy) is 1. The van der Waals surface area contributed by atoms with Crippen molar-refractivity contribution in [2.45, 2.75) is 0 Å². The number of anilines is 1. The van der Waals surface area contributed by atoms with Crippen LogP contribution < -0.4 is 15.0 Å². The summed E-state index contributed by atoms with van der Waals surface area (Å²) < 4.78 is 5.22. The third-order valence-corrected chi connectivity index (χ3v) is 3.32. The largest absolute Gasteiger partial charge is 0.497 e. The number of hydrogen-bond acceptors (Lipinski definition) is 4. The molecule has 1 aromatic carbocycles. The Hall–Kier alpha value is -1.81. The van der Waals surface area contributed by atoms with E-state index in [4.69, 9.17) is 9.72 Å². The van der Waals surface area contributed by atoms with Gasteiger partial charge in [0.1, 0.15) is 11.6 Å². The van der Waals surface area contributed by atoms with Gasteiger partial charge in [0, 0.05) is 31.6 Å². The predicted octanol–water partition coefficient (Wildman–Crippen LogP) is 1.65. The smallest absolute Gasteiger partial charge is 0.129 e. The molecule has 0 radical (unpaired) electrons. The van der Waals surface area contributed by atoms with Crippen molar-refractivity contribution in [1.82, 2.24) is 10.3 Å². The third kappa shape index (κ3) is 2.11. The number of hydrogen-bond donors (Lipinski definition) is 1. The van der Waals surface area contributed by atoms with E-state index >= 15 is 0 Å². The Morgan fingerprint density at radius 1 is 1.17 bits per heavy atom. The van der Waals surface area contributed by atoms with Crippen molar-refractivity contribution in [2.75, 3.05) is 38.2 Å². The number of benzene rings is 1. The van der Waals surface area contributed by atoms with Crippen molar-refractivity contribution < 1.29 is 4.74 Å². The Bertz CT molecular complexity index is 550. The van der Waals surface area contributed by atoms with Crippen LogP contribution in [0, 0.1) is 0 Å². The van der Waals surface area contributed by atoms with Gasteiger partial charge in [-0.05, 0) is 30.3 Å². The molecule has 1 aliphatic heterocycles. The molecule has 4 heteroatoms. The van der Waals surface area contributed by atoms with Crippen LogP contribution in [-0.4, -0.2) is 38.3 Å². The molecular weight excluding hydrogens is 226 g/mol. The minimum atomic E-state index is 0.874. The molecule has 3 rings (SSSR count). The molecule has 94 valence electrons. The van der Waals surface area contributed by atoms with E-state index < -0.39 is 0 Å². The lowest BCUT2D eigenvalue weighted by Gasteiger charge is -2.28. The van der Waals surface area contributed by atoms with Gasteiger partial charge in [-0.15, -0.1) is 0 Å². The van der Waals surface area contributed by atoms with Crippen LogP contribution >= 0.6 is 0 Å². The Balaban J connectivity index is 1.95. The first-order valence-corrected chi connectivity index (χ1v) is 6.27. The first-order valence-electron chi connectivity index (χ1n) is 6.27. The number of nitrogens with zero attached hydrogens (tertiary/aromatic N) is 2. The summed E-state index contributed by atoms with van der Waals surface area (Å²) in [7, 11) is 1.68. The van der Waals surface area contributed by atoms with Crippen LogP contribution in [0.4, 0.5) is 5.82 Å². The van der Waals surface area contributed by atoms with Crippen molar-refractivity contribution in [1.29, 1.82) is 0 Å². The standard InChI is InChI=1S/C14H17N3O/c1-18-12-3-4-13-11(10-12)2-5-14(16-13)17-8-6-15-7-9-17/h2-5,10,15H,6-9H2,1H3. The molecule has 0 aliphatic carbocycles. The summed E-state index contributed by atoms with van der Waals surface area (Å²) in [5, 5.41) is 4.47. The topological polar surface area (TPSA) is 37.4 Å². The molecule has 2 heterocycles. The Labute approximate surface area is 107 Å². The molecule has 0 amide bonds. The van der Waals surface area contributed by atoms with Crippen LogP contribution in [0.3, 0.4) is 0 Å². The highest BCUT2D eigenvalue weighted by atomic mass is 16.5. The molecule has 0 atom stereocenters. The SMILES string of the molecule is COc1ccc2nc(N3CCNCC3)ccc2c1. The minimum absolute atomic E-state index is 0.874. The van der Waals surface area contributed by atoms with E-state index in [0.717, 1.165) is 48.6 Å². The average molecular weight is 243 g/mol. The summed E-state index contributed by atoms with van der Waals surface area (Å²) in [5.41, 5.74) is 1.02. The number of piperazine rings is 1. The molecule has 1 aliphatic rings. The molecular formula is C14H17N3O. The van der Waals surface area contributed by atoms with Crippen LogP contribution in [0.1, 0.15) is 0 Å². The van der Waals surface area contributed by atoms with Crippen molar-refractivity contribution in [3.05, 3.63) is 30.3 Å². The fourth-order valence-electron chi connectivity index (χ4n) is 2.29. The quantitative estimate of drug-likeness (QED) is 0.870. The van der Waals surface area contributed by atoms with Crippen molar-refractivity contribution >= 4 is 16.7 Å². The average Bonchev–Trinajstić information content (AvgIpc) is 2.47. The zero-order chi connectivity index (χ0) is 12.4. The maximum absolute atomic E-state index is 5.22. The molecule has 1 fully saturated rings. The second kappa shape index (κ2) is 4.82. The van der Waals surface area contributed by atoms with Crippen molar-refractivity contribution in [2.24, 2.45) is 0 Å². The van der Waals surface area contributed by atoms with E-state index in [1.807, 2.05) is 18.2 Å². The fourth-order valence-corrected chi connectivity index (χ4v) is 2.29. The summed E-state index contributed by atoms with van der Waals surface area (Å²) in [5.74, 6) is 1.94. The van der Waals surface area contributed by atoms with Gasteiger partial charge < -0.3 is 15.0 Å². The summed E-state index contributed by atoms with van der Waals surface area (Å²) in [4.78, 5) is 7.04. The van der Waals surface area contributed by atoms with Crippen LogP contribution in [0.15, 0.2) is 30.3 Å². The summed E-state index contributed by atoms with van der Waals surface area (Å²) >= 11 is 0. The molecule has 0 bridgehead atoms. The predicted molar refractivity (Wildman–Crippen MR) is 73.4 cm³/mol. The van der Waals surface area contributed by atoms with Crippen LogP contribution in [0.2, 0.25) is 0 Å². The third-order valence-electron chi connectivity index (χ3n) is 3.32. The van der Waals surface area contributed by atoms with Crippen LogP contribution in [0.5, 0.6) is 5.75 Å². The van der Waals surface area contributed by atoms with Gasteiger partial charge in [-0.1, -0.05) is 0 Å². The monoisotopic (exact) mass is 243 g/mol. The van der Waals surface area contributed by atoms with E-state index in [9.17, 15) is 0 Å². The van der Waals surface area contributed by atoms with E-state index in [-0.39, 0.29) is 0 Å². The van der Waals surface area contributed by atoms with Crippen LogP contribution in [0.25, 0.3) is 10.9 Å². The molecule has 18 heavy (non-hydrogen) atoms. The first kappa shape index (κ1) is 11.3. The van der Waals surface area contributed by atoms with E-state index in [0.29, 0.717) is 0 Å². The lowest BCUT2D eigenvalue weighted by molar-refractivity contribution is 0.415. The number of nitrogens with one attached hydrogen (secondary N) is 1. The molecule has 0 unspecified atom stereocenters. The molecule has 2 aromatic rings. The first-order chi connectivity index (χ1) is 8.86. The molecule has 1 N–H and O–H groups in total. The number of aromatic nitrogens is 1. The number of pyridine rings is 1. The van der Waals surface area contributed by atoms with Crippen molar-refractivity contribution in [3.8, 4) is 5.75 Å². The summed E-state index contributed by atoms with van der Waals surface area (Å²) in [6.07, 6.45) is 0. The molecule has 1 saturated heterocycles. The number of rotatable bonds is 2. The Morgan fingerprint density at radius 2 is 2.00 bits per heavy atom. The maximum Gasteiger partial charge on any atom is 0.129 e. The molecule has 1 aromatic heterocycles. The summed E-state index contributed by atoms with van der Waals surface area (Å²) in [6.45, 7) is 4.11. The molecule has 0 spiro atoms. The van der Waals surface area contributed by atoms with Gasteiger partial charge >= 0.3 is 0 Å². The molecule has 4 nitrogen and oxygen atoms in total. The van der Waals surface area contributed by atoms with Crippen molar-refractivity contribution in [3.63, 3.8) is 0 Å². The highest BCUT2D eigenvalue weighted by Gasteiger charge is 2.11. The normalized spacial score (nSPS) is 15.9. The van der Waals surface area contributed by atoms with E-state index in [1.54, 1.807) is 7.11 Å². The van der Waals surface area contributed by atoms with E-state index in [1.165, 1.54) is 0 Å². The van der Waals surface area contributed by atoms with Gasteiger partial charge in [-0.3, -0.25) is 0 Å². The molecule has 0 saturated carbocycles. The van der Waals surface area contributed by atoms with Gasteiger partial charge in [-0.2, -0.15) is 0 Å². The van der Waals surface area contributed by atoms with Crippen LogP contribution in [-0.2, 0) is 0 Å². The summed E-state index contributed by atoms with van der Waals surface area (Å²) in [6, 6.07) is 10.2. The highest BCUT2D eigenvalue weighted by Crippen LogP contribution is 2.22. The number of fused-ring (bicyclic) bond motifs is 1. The second-order valence-corrected chi connectivity index (χ2v) is 4.47.